The minimum Gasteiger partial charge on any atom is -0.396 e. The zero-order valence-electron chi connectivity index (χ0n) is 12.2. The summed E-state index contributed by atoms with van der Waals surface area (Å²) in [6, 6.07) is 15.1. The maximum Gasteiger partial charge on any atom is 0.244 e. The fourth-order valence-electron chi connectivity index (χ4n) is 2.33. The van der Waals surface area contributed by atoms with Crippen LogP contribution in [0.4, 0.5) is 0 Å². The minimum absolute atomic E-state index is 0.0676. The molecule has 0 aromatic heterocycles. The minimum atomic E-state index is -3.75. The van der Waals surface area contributed by atoms with Crippen molar-refractivity contribution in [3.05, 3.63) is 65.2 Å². The molecule has 0 saturated carbocycles. The molecule has 1 unspecified atom stereocenters. The lowest BCUT2D eigenvalue weighted by Gasteiger charge is -2.27. The summed E-state index contributed by atoms with van der Waals surface area (Å²) in [7, 11) is -2.24. The number of aliphatic hydroxyl groups is 1. The topological polar surface area (TPSA) is 57.6 Å². The van der Waals surface area contributed by atoms with Crippen LogP contribution in [0, 0.1) is 0 Å². The van der Waals surface area contributed by atoms with Crippen LogP contribution in [0.25, 0.3) is 0 Å². The Morgan fingerprint density at radius 2 is 1.68 bits per heavy atom. The number of hydrogen-bond acceptors (Lipinski definition) is 3. The van der Waals surface area contributed by atoms with Gasteiger partial charge in [-0.3, -0.25) is 0 Å². The predicted octanol–water partition coefficient (Wildman–Crippen LogP) is 3.08. The first-order valence-corrected chi connectivity index (χ1v) is 8.68. The molecule has 2 aromatic rings. The van der Waals surface area contributed by atoms with Crippen molar-refractivity contribution in [1.29, 1.82) is 0 Å². The second-order valence-electron chi connectivity index (χ2n) is 4.89. The summed E-state index contributed by atoms with van der Waals surface area (Å²) in [6.07, 6.45) is 0.310. The summed E-state index contributed by atoms with van der Waals surface area (Å²) < 4.78 is 26.9. The van der Waals surface area contributed by atoms with Crippen LogP contribution < -0.4 is 0 Å². The van der Waals surface area contributed by atoms with Crippen molar-refractivity contribution in [2.45, 2.75) is 17.4 Å². The third-order valence-corrected chi connectivity index (χ3v) is 5.89. The lowest BCUT2D eigenvalue weighted by Crippen LogP contribution is -2.32. The normalized spacial score (nSPS) is 13.3. The zero-order chi connectivity index (χ0) is 16.2. The van der Waals surface area contributed by atoms with Gasteiger partial charge in [0.05, 0.1) is 11.1 Å². The highest BCUT2D eigenvalue weighted by Crippen LogP contribution is 2.31. The van der Waals surface area contributed by atoms with Crippen LogP contribution in [0.2, 0.25) is 5.02 Å². The van der Waals surface area contributed by atoms with E-state index in [4.69, 9.17) is 11.6 Å². The molecule has 0 heterocycles. The Kier molecular flexibility index (Phi) is 5.58. The third kappa shape index (κ3) is 3.50. The highest BCUT2D eigenvalue weighted by molar-refractivity contribution is 7.89. The standard InChI is InChI=1S/C16H18ClNO3S/c1-18(15(11-12-19)13-7-3-2-4-8-13)22(20,21)16-10-6-5-9-14(16)17/h2-10,15,19H,11-12H2,1H3. The van der Waals surface area contributed by atoms with E-state index >= 15 is 0 Å². The summed E-state index contributed by atoms with van der Waals surface area (Å²) in [5.74, 6) is 0. The highest BCUT2D eigenvalue weighted by Gasteiger charge is 2.30. The monoisotopic (exact) mass is 339 g/mol. The van der Waals surface area contributed by atoms with Gasteiger partial charge in [0, 0.05) is 13.7 Å². The molecule has 0 fully saturated rings. The van der Waals surface area contributed by atoms with Crippen LogP contribution in [0.1, 0.15) is 18.0 Å². The first-order chi connectivity index (χ1) is 10.5. The molecule has 6 heteroatoms. The maximum atomic E-state index is 12.8. The van der Waals surface area contributed by atoms with Gasteiger partial charge < -0.3 is 5.11 Å². The van der Waals surface area contributed by atoms with E-state index in [1.165, 1.54) is 17.4 Å². The van der Waals surface area contributed by atoms with E-state index in [9.17, 15) is 13.5 Å². The van der Waals surface area contributed by atoms with E-state index in [1.807, 2.05) is 30.3 Å². The number of sulfonamides is 1. The molecule has 0 saturated heterocycles. The van der Waals surface area contributed by atoms with Gasteiger partial charge >= 0.3 is 0 Å². The number of hydrogen-bond donors (Lipinski definition) is 1. The van der Waals surface area contributed by atoms with Gasteiger partial charge in [-0.05, 0) is 24.1 Å². The first-order valence-electron chi connectivity index (χ1n) is 6.87. The summed E-state index contributed by atoms with van der Waals surface area (Å²) in [4.78, 5) is 0.0676. The molecule has 1 atom stereocenters. The highest BCUT2D eigenvalue weighted by atomic mass is 35.5. The Bertz CT molecular complexity index is 719. The van der Waals surface area contributed by atoms with Gasteiger partial charge in [-0.2, -0.15) is 4.31 Å². The molecule has 0 aliphatic carbocycles. The average Bonchev–Trinajstić information content (AvgIpc) is 2.53. The molecule has 0 aliphatic heterocycles. The molecule has 2 aromatic carbocycles. The van der Waals surface area contributed by atoms with Crippen LogP contribution in [0.3, 0.4) is 0 Å². The Hall–Kier alpha value is -1.40. The summed E-state index contributed by atoms with van der Waals surface area (Å²) in [6.45, 7) is -0.109. The molecular formula is C16H18ClNO3S. The zero-order valence-corrected chi connectivity index (χ0v) is 13.8. The molecule has 4 nitrogen and oxygen atoms in total. The van der Waals surface area contributed by atoms with Gasteiger partial charge in [0.15, 0.2) is 0 Å². The van der Waals surface area contributed by atoms with E-state index < -0.39 is 16.1 Å². The average molecular weight is 340 g/mol. The molecule has 2 rings (SSSR count). The Morgan fingerprint density at radius 3 is 2.27 bits per heavy atom. The number of nitrogens with zero attached hydrogens (tertiary/aromatic N) is 1. The van der Waals surface area contributed by atoms with Gasteiger partial charge in [0.2, 0.25) is 10.0 Å². The summed E-state index contributed by atoms with van der Waals surface area (Å²) in [5.41, 5.74) is 0.828. The number of halogens is 1. The maximum absolute atomic E-state index is 12.8. The molecule has 118 valence electrons. The van der Waals surface area contributed by atoms with Crippen molar-refractivity contribution < 1.29 is 13.5 Å². The molecule has 0 bridgehead atoms. The Labute approximate surface area is 136 Å². The number of rotatable bonds is 6. The molecule has 0 radical (unpaired) electrons. The van der Waals surface area contributed by atoms with Crippen LogP contribution in [0.5, 0.6) is 0 Å². The smallest absolute Gasteiger partial charge is 0.244 e. The second-order valence-corrected chi connectivity index (χ2v) is 7.26. The van der Waals surface area contributed by atoms with Crippen LogP contribution in [-0.2, 0) is 10.0 Å². The van der Waals surface area contributed by atoms with E-state index in [-0.39, 0.29) is 16.5 Å². The fourth-order valence-corrected chi connectivity index (χ4v) is 4.20. The largest absolute Gasteiger partial charge is 0.396 e. The third-order valence-electron chi connectivity index (χ3n) is 3.52. The predicted molar refractivity (Wildman–Crippen MR) is 87.3 cm³/mol. The fraction of sp³-hybridized carbons (Fsp3) is 0.250. The van der Waals surface area contributed by atoms with Gasteiger partial charge in [-0.1, -0.05) is 54.1 Å². The molecule has 22 heavy (non-hydrogen) atoms. The number of benzene rings is 2. The summed E-state index contributed by atoms with van der Waals surface area (Å²) in [5, 5.41) is 9.48. The van der Waals surface area contributed by atoms with Crippen molar-refractivity contribution in [1.82, 2.24) is 4.31 Å². The molecular weight excluding hydrogens is 322 g/mol. The van der Waals surface area contributed by atoms with Crippen LogP contribution in [-0.4, -0.2) is 31.5 Å². The van der Waals surface area contributed by atoms with E-state index in [1.54, 1.807) is 18.2 Å². The molecule has 0 amide bonds. The van der Waals surface area contributed by atoms with Gasteiger partial charge in [0.25, 0.3) is 0 Å². The molecule has 1 N–H and O–H groups in total. The first kappa shape index (κ1) is 17.0. The quantitative estimate of drug-likeness (QED) is 0.879. The summed E-state index contributed by atoms with van der Waals surface area (Å²) >= 11 is 6.03. The van der Waals surface area contributed by atoms with Crippen molar-refractivity contribution in [2.75, 3.05) is 13.7 Å². The Balaban J connectivity index is 2.43. The van der Waals surface area contributed by atoms with Gasteiger partial charge in [-0.15, -0.1) is 0 Å². The SMILES string of the molecule is CN(C(CCO)c1ccccc1)S(=O)(=O)c1ccccc1Cl. The van der Waals surface area contributed by atoms with Crippen molar-refractivity contribution in [3.63, 3.8) is 0 Å². The van der Waals surface area contributed by atoms with Gasteiger partial charge in [-0.25, -0.2) is 8.42 Å². The number of aliphatic hydroxyl groups excluding tert-OH is 1. The lowest BCUT2D eigenvalue weighted by atomic mass is 10.0. The van der Waals surface area contributed by atoms with Crippen molar-refractivity contribution in [2.24, 2.45) is 0 Å². The molecule has 0 aliphatic rings. The van der Waals surface area contributed by atoms with Crippen LogP contribution in [0.15, 0.2) is 59.5 Å². The van der Waals surface area contributed by atoms with E-state index in [0.717, 1.165) is 5.56 Å². The Morgan fingerprint density at radius 1 is 1.09 bits per heavy atom. The van der Waals surface area contributed by atoms with Crippen molar-refractivity contribution >= 4 is 21.6 Å². The van der Waals surface area contributed by atoms with E-state index in [0.29, 0.717) is 6.42 Å². The lowest BCUT2D eigenvalue weighted by molar-refractivity contribution is 0.240. The van der Waals surface area contributed by atoms with E-state index in [2.05, 4.69) is 0 Å². The van der Waals surface area contributed by atoms with Crippen LogP contribution >= 0.6 is 11.6 Å². The van der Waals surface area contributed by atoms with Gasteiger partial charge in [0.1, 0.15) is 4.90 Å². The second kappa shape index (κ2) is 7.24. The van der Waals surface area contributed by atoms with Crippen molar-refractivity contribution in [3.8, 4) is 0 Å². The molecule has 0 spiro atoms.